The zero-order chi connectivity index (χ0) is 26.3. The average molecular weight is 509 g/mol. The Kier molecular flexibility index (Phi) is 12.8. The summed E-state index contributed by atoms with van der Waals surface area (Å²) in [5, 5.41) is 9.10. The quantitative estimate of drug-likeness (QED) is 0.314. The first kappa shape index (κ1) is 29.2. The third-order valence-electron chi connectivity index (χ3n) is 6.16. The molecule has 4 rings (SSSR count). The number of pyridine rings is 1. The lowest BCUT2D eigenvalue weighted by Crippen LogP contribution is -2.31. The summed E-state index contributed by atoms with van der Waals surface area (Å²) in [5.41, 5.74) is 3.14. The lowest BCUT2D eigenvalue weighted by atomic mass is 9.94. The molecule has 0 amide bonds. The van der Waals surface area contributed by atoms with Crippen molar-refractivity contribution in [3.8, 4) is 11.3 Å². The van der Waals surface area contributed by atoms with Crippen LogP contribution in [0, 0.1) is 5.92 Å². The monoisotopic (exact) mass is 508 g/mol. The summed E-state index contributed by atoms with van der Waals surface area (Å²) < 4.78 is 0. The molecule has 3 aromatic rings. The molecule has 0 radical (unpaired) electrons. The molecule has 0 spiro atoms. The van der Waals surface area contributed by atoms with E-state index >= 15 is 0 Å². The number of fused-ring (bicyclic) bond motifs is 1. The van der Waals surface area contributed by atoms with E-state index in [-0.39, 0.29) is 0 Å². The molecule has 192 valence electrons. The highest BCUT2D eigenvalue weighted by Gasteiger charge is 2.15. The largest absolute Gasteiger partial charge is 0.388 e. The molecule has 2 N–H and O–H groups in total. The maximum absolute atomic E-state index is 10.9. The molecule has 0 unspecified atom stereocenters. The summed E-state index contributed by atoms with van der Waals surface area (Å²) in [5.74, 6) is 0.985. The Bertz CT molecular complexity index is 1120. The predicted octanol–water partition coefficient (Wildman–Crippen LogP) is 5.72. The second kappa shape index (κ2) is 15.8. The van der Waals surface area contributed by atoms with Crippen LogP contribution in [0.3, 0.4) is 0 Å². The minimum atomic E-state index is 0.424. The van der Waals surface area contributed by atoms with Gasteiger partial charge in [0, 0.05) is 34.1 Å². The topological polar surface area (TPSA) is 74.3 Å². The van der Waals surface area contributed by atoms with E-state index in [9.17, 15) is 4.79 Å². The molecule has 1 aromatic heterocycles. The number of benzene rings is 2. The molecule has 2 heterocycles. The van der Waals surface area contributed by atoms with Crippen LogP contribution in [0.15, 0.2) is 61.2 Å². The van der Waals surface area contributed by atoms with Gasteiger partial charge in [-0.2, -0.15) is 0 Å². The van der Waals surface area contributed by atoms with Gasteiger partial charge in [-0.05, 0) is 95.3 Å². The van der Waals surface area contributed by atoms with E-state index in [1.807, 2.05) is 56.6 Å². The number of carbonyl (C=O) groups excluding carboxylic acids is 2. The lowest BCUT2D eigenvalue weighted by Gasteiger charge is -2.28. The Morgan fingerprint density at radius 3 is 2.42 bits per heavy atom. The summed E-state index contributed by atoms with van der Waals surface area (Å²) in [6, 6.07) is 15.2. The van der Waals surface area contributed by atoms with Crippen molar-refractivity contribution in [3.63, 3.8) is 0 Å². The van der Waals surface area contributed by atoms with Crippen LogP contribution in [-0.2, 0) is 4.79 Å². The van der Waals surface area contributed by atoms with Crippen LogP contribution in [0.25, 0.3) is 22.0 Å². The van der Waals surface area contributed by atoms with Crippen LogP contribution >= 0.6 is 11.6 Å². The Hall–Kier alpha value is -3.06. The number of halogens is 1. The highest BCUT2D eigenvalue weighted by molar-refractivity contribution is 6.36. The van der Waals surface area contributed by atoms with Crippen LogP contribution in [0.2, 0.25) is 5.02 Å². The molecule has 6 nitrogen and oxygen atoms in total. The highest BCUT2D eigenvalue weighted by Crippen LogP contribution is 2.33. The number of aldehydes is 2. The van der Waals surface area contributed by atoms with Crippen molar-refractivity contribution in [2.45, 2.75) is 19.3 Å². The van der Waals surface area contributed by atoms with Gasteiger partial charge in [0.1, 0.15) is 12.0 Å². The Labute approximate surface area is 219 Å². The molecule has 0 atom stereocenters. The SMILES string of the molecule is C=CC=O.CNCCC1CCN(C)CC1.CNc1ccc(Cl)c2ccc(-c3cccc(C=O)n3)cc12. The van der Waals surface area contributed by atoms with E-state index in [0.29, 0.717) is 17.0 Å². The molecule has 1 fully saturated rings. The summed E-state index contributed by atoms with van der Waals surface area (Å²) in [6.45, 7) is 6.90. The number of aromatic nitrogens is 1. The molecule has 0 saturated carbocycles. The average Bonchev–Trinajstić information content (AvgIpc) is 2.93. The zero-order valence-corrected chi connectivity index (χ0v) is 22.2. The lowest BCUT2D eigenvalue weighted by molar-refractivity contribution is -0.104. The van der Waals surface area contributed by atoms with Crippen molar-refractivity contribution in [1.29, 1.82) is 0 Å². The van der Waals surface area contributed by atoms with Gasteiger partial charge in [0.05, 0.1) is 5.69 Å². The van der Waals surface area contributed by atoms with Crippen molar-refractivity contribution >= 4 is 40.6 Å². The highest BCUT2D eigenvalue weighted by atomic mass is 35.5. The molecular formula is C29H37ClN4O2. The number of allylic oxidation sites excluding steroid dienone is 1. The van der Waals surface area contributed by atoms with Crippen LogP contribution in [0.4, 0.5) is 5.69 Å². The number of hydrogen-bond donors (Lipinski definition) is 2. The predicted molar refractivity (Wildman–Crippen MR) is 152 cm³/mol. The maximum Gasteiger partial charge on any atom is 0.168 e. The summed E-state index contributed by atoms with van der Waals surface area (Å²) >= 11 is 6.24. The molecular weight excluding hydrogens is 472 g/mol. The van der Waals surface area contributed by atoms with E-state index in [4.69, 9.17) is 16.4 Å². The fourth-order valence-corrected chi connectivity index (χ4v) is 4.29. The minimum absolute atomic E-state index is 0.424. The fraction of sp³-hybridized carbons (Fsp3) is 0.345. The molecule has 2 aromatic carbocycles. The van der Waals surface area contributed by atoms with Crippen molar-refractivity contribution in [2.24, 2.45) is 5.92 Å². The first-order chi connectivity index (χ1) is 17.5. The minimum Gasteiger partial charge on any atom is -0.388 e. The number of nitrogens with zero attached hydrogens (tertiary/aromatic N) is 2. The van der Waals surface area contributed by atoms with Crippen LogP contribution < -0.4 is 10.6 Å². The Morgan fingerprint density at radius 2 is 1.81 bits per heavy atom. The molecule has 1 saturated heterocycles. The van der Waals surface area contributed by atoms with Gasteiger partial charge in [0.25, 0.3) is 0 Å². The third-order valence-corrected chi connectivity index (χ3v) is 6.49. The van der Waals surface area contributed by atoms with Crippen LogP contribution in [0.1, 0.15) is 29.8 Å². The standard InChI is InChI=1S/C17H13ClN2O.C9H20N2.C3H4O/c1-19-17-8-7-15(18)13-6-5-11(9-14(13)17)16-4-2-3-12(10-21)20-16;1-10-6-3-9-4-7-11(2)8-5-9;1-2-3-4/h2-10,19H,1H3;9-10H,3-8H2,1-2H3;2-3H,1H2. The van der Waals surface area contributed by atoms with Crippen LogP contribution in [-0.4, -0.2) is 63.2 Å². The van der Waals surface area contributed by atoms with Crippen molar-refractivity contribution in [2.75, 3.05) is 46.1 Å². The number of rotatable bonds is 7. The molecule has 1 aliphatic rings. The number of piperidine rings is 1. The van der Waals surface area contributed by atoms with Crippen molar-refractivity contribution in [3.05, 3.63) is 71.9 Å². The van der Waals surface area contributed by atoms with Gasteiger partial charge in [-0.3, -0.25) is 9.59 Å². The maximum atomic E-state index is 10.9. The normalized spacial score (nSPS) is 13.6. The van der Waals surface area contributed by atoms with Crippen molar-refractivity contribution < 1.29 is 9.59 Å². The van der Waals surface area contributed by atoms with E-state index in [1.54, 1.807) is 6.07 Å². The van der Waals surface area contributed by atoms with Crippen molar-refractivity contribution in [1.82, 2.24) is 15.2 Å². The first-order valence-corrected chi connectivity index (χ1v) is 12.6. The van der Waals surface area contributed by atoms with E-state index in [1.165, 1.54) is 45.0 Å². The second-order valence-electron chi connectivity index (χ2n) is 8.68. The Morgan fingerprint density at radius 1 is 1.08 bits per heavy atom. The third kappa shape index (κ3) is 8.86. The van der Waals surface area contributed by atoms with E-state index in [2.05, 4.69) is 34.1 Å². The van der Waals surface area contributed by atoms with Gasteiger partial charge in [-0.25, -0.2) is 4.98 Å². The number of anilines is 1. The zero-order valence-electron chi connectivity index (χ0n) is 21.5. The molecule has 7 heteroatoms. The molecule has 0 aliphatic carbocycles. The summed E-state index contributed by atoms with van der Waals surface area (Å²) in [7, 11) is 6.13. The van der Waals surface area contributed by atoms with E-state index in [0.717, 1.165) is 39.9 Å². The Balaban J connectivity index is 0.000000255. The molecule has 1 aliphatic heterocycles. The smallest absolute Gasteiger partial charge is 0.168 e. The van der Waals surface area contributed by atoms with Gasteiger partial charge < -0.3 is 15.5 Å². The number of carbonyl (C=O) groups is 2. The number of nitrogens with one attached hydrogen (secondary N) is 2. The van der Waals surface area contributed by atoms with Gasteiger partial charge in [0.2, 0.25) is 0 Å². The number of hydrogen-bond acceptors (Lipinski definition) is 6. The summed E-state index contributed by atoms with van der Waals surface area (Å²) in [4.78, 5) is 26.7. The van der Waals surface area contributed by atoms with Gasteiger partial charge in [-0.15, -0.1) is 0 Å². The summed E-state index contributed by atoms with van der Waals surface area (Å²) in [6.07, 6.45) is 6.75. The van der Waals surface area contributed by atoms with Gasteiger partial charge >= 0.3 is 0 Å². The van der Waals surface area contributed by atoms with Gasteiger partial charge in [-0.1, -0.05) is 36.4 Å². The number of likely N-dealkylation sites (tertiary alicyclic amines) is 1. The van der Waals surface area contributed by atoms with E-state index < -0.39 is 0 Å². The molecule has 0 bridgehead atoms. The van der Waals surface area contributed by atoms with Gasteiger partial charge in [0.15, 0.2) is 6.29 Å². The second-order valence-corrected chi connectivity index (χ2v) is 9.09. The van der Waals surface area contributed by atoms with Crippen LogP contribution in [0.5, 0.6) is 0 Å². The molecule has 36 heavy (non-hydrogen) atoms. The first-order valence-electron chi connectivity index (χ1n) is 12.2. The fourth-order valence-electron chi connectivity index (χ4n) is 4.07.